The van der Waals surface area contributed by atoms with Gasteiger partial charge in [0.05, 0.1) is 5.56 Å². The Balaban J connectivity index is 1.90. The number of nitrogens with one attached hydrogen (secondary N) is 1. The molecule has 3 aromatic heterocycles. The molecule has 1 amide bonds. The molecule has 3 rings (SSSR count). The van der Waals surface area contributed by atoms with E-state index < -0.39 is 0 Å². The lowest BCUT2D eigenvalue weighted by atomic mass is 10.2. The summed E-state index contributed by atoms with van der Waals surface area (Å²) in [5.41, 5.74) is 2.29. The summed E-state index contributed by atoms with van der Waals surface area (Å²) in [6.07, 6.45) is 3.38. The van der Waals surface area contributed by atoms with Gasteiger partial charge in [0.2, 0.25) is 0 Å². The highest BCUT2D eigenvalue weighted by Gasteiger charge is 2.09. The number of fused-ring (bicyclic) bond motifs is 1. The van der Waals surface area contributed by atoms with Crippen molar-refractivity contribution in [1.29, 1.82) is 0 Å². The molecule has 100 valence electrons. The fourth-order valence-corrected chi connectivity index (χ4v) is 1.93. The van der Waals surface area contributed by atoms with Crippen LogP contribution in [0.4, 0.5) is 5.82 Å². The molecule has 20 heavy (non-hydrogen) atoms. The summed E-state index contributed by atoms with van der Waals surface area (Å²) in [6.45, 7) is 3.79. The van der Waals surface area contributed by atoms with Crippen molar-refractivity contribution in [1.82, 2.24) is 19.6 Å². The molecule has 0 saturated heterocycles. The van der Waals surface area contributed by atoms with Crippen molar-refractivity contribution >= 4 is 17.4 Å². The van der Waals surface area contributed by atoms with Crippen LogP contribution in [0.3, 0.4) is 0 Å². The van der Waals surface area contributed by atoms with Crippen LogP contribution in [0, 0.1) is 13.8 Å². The molecule has 0 fully saturated rings. The van der Waals surface area contributed by atoms with Crippen molar-refractivity contribution in [3.63, 3.8) is 0 Å². The minimum absolute atomic E-state index is 0.210. The topological polar surface area (TPSA) is 72.2 Å². The van der Waals surface area contributed by atoms with Crippen LogP contribution in [0.25, 0.3) is 5.65 Å². The number of rotatable bonds is 2. The van der Waals surface area contributed by atoms with Crippen LogP contribution in [0.15, 0.2) is 36.7 Å². The van der Waals surface area contributed by atoms with Gasteiger partial charge in [-0.2, -0.15) is 0 Å². The molecule has 0 bridgehead atoms. The first-order valence-electron chi connectivity index (χ1n) is 6.19. The van der Waals surface area contributed by atoms with Crippen LogP contribution < -0.4 is 5.32 Å². The van der Waals surface area contributed by atoms with E-state index in [1.165, 1.54) is 0 Å². The molecular weight excluding hydrogens is 254 g/mol. The van der Waals surface area contributed by atoms with E-state index in [1.54, 1.807) is 28.9 Å². The number of aromatic nitrogens is 4. The van der Waals surface area contributed by atoms with E-state index in [9.17, 15) is 4.79 Å². The average Bonchev–Trinajstić information content (AvgIpc) is 2.80. The SMILES string of the molecule is Cc1ccnc(NC(=O)c2ccc3nnc(C)n3c2)c1. The van der Waals surface area contributed by atoms with Crippen molar-refractivity contribution in [2.45, 2.75) is 13.8 Å². The number of aryl methyl sites for hydroxylation is 2. The minimum atomic E-state index is -0.210. The van der Waals surface area contributed by atoms with Gasteiger partial charge in [-0.25, -0.2) is 4.98 Å². The number of nitrogens with zero attached hydrogens (tertiary/aromatic N) is 4. The molecule has 0 aromatic carbocycles. The molecule has 0 aliphatic carbocycles. The number of amides is 1. The molecule has 1 N–H and O–H groups in total. The zero-order valence-electron chi connectivity index (χ0n) is 11.2. The number of hydrogen-bond donors (Lipinski definition) is 1. The van der Waals surface area contributed by atoms with Crippen molar-refractivity contribution in [3.8, 4) is 0 Å². The maximum absolute atomic E-state index is 12.2. The van der Waals surface area contributed by atoms with Gasteiger partial charge >= 0.3 is 0 Å². The van der Waals surface area contributed by atoms with Crippen LogP contribution in [0.5, 0.6) is 0 Å². The van der Waals surface area contributed by atoms with Gasteiger partial charge in [0, 0.05) is 12.4 Å². The first-order chi connectivity index (χ1) is 9.63. The van der Waals surface area contributed by atoms with Crippen LogP contribution in [-0.4, -0.2) is 25.5 Å². The zero-order chi connectivity index (χ0) is 14.1. The van der Waals surface area contributed by atoms with E-state index in [2.05, 4.69) is 20.5 Å². The van der Waals surface area contributed by atoms with Crippen LogP contribution >= 0.6 is 0 Å². The number of carbonyl (C=O) groups is 1. The molecule has 0 atom stereocenters. The van der Waals surface area contributed by atoms with Crippen LogP contribution in [-0.2, 0) is 0 Å². The molecule has 0 unspecified atom stereocenters. The number of anilines is 1. The fourth-order valence-electron chi connectivity index (χ4n) is 1.93. The van der Waals surface area contributed by atoms with E-state index in [4.69, 9.17) is 0 Å². The molecule has 6 heteroatoms. The predicted molar refractivity (Wildman–Crippen MR) is 74.7 cm³/mol. The van der Waals surface area contributed by atoms with Crippen LogP contribution in [0.2, 0.25) is 0 Å². The highest BCUT2D eigenvalue weighted by atomic mass is 16.1. The second kappa shape index (κ2) is 4.73. The molecule has 0 aliphatic heterocycles. The average molecular weight is 267 g/mol. The third kappa shape index (κ3) is 2.23. The first kappa shape index (κ1) is 12.3. The Morgan fingerprint density at radius 2 is 2.05 bits per heavy atom. The van der Waals surface area contributed by atoms with Gasteiger partial charge in [0.1, 0.15) is 11.6 Å². The van der Waals surface area contributed by atoms with Gasteiger partial charge in [-0.15, -0.1) is 10.2 Å². The van der Waals surface area contributed by atoms with Gasteiger partial charge in [0.15, 0.2) is 5.65 Å². The maximum Gasteiger partial charge on any atom is 0.258 e. The van der Waals surface area contributed by atoms with Crippen molar-refractivity contribution in [2.75, 3.05) is 5.32 Å². The Hall–Kier alpha value is -2.76. The second-order valence-corrected chi connectivity index (χ2v) is 4.57. The lowest BCUT2D eigenvalue weighted by Crippen LogP contribution is -2.13. The van der Waals surface area contributed by atoms with Gasteiger partial charge in [-0.05, 0) is 43.7 Å². The lowest BCUT2D eigenvalue weighted by Gasteiger charge is -2.05. The summed E-state index contributed by atoms with van der Waals surface area (Å²) in [5.74, 6) is 1.07. The van der Waals surface area contributed by atoms with Crippen molar-refractivity contribution in [3.05, 3.63) is 53.6 Å². The van der Waals surface area contributed by atoms with E-state index in [0.29, 0.717) is 17.0 Å². The predicted octanol–water partition coefficient (Wildman–Crippen LogP) is 1.99. The summed E-state index contributed by atoms with van der Waals surface area (Å²) in [7, 11) is 0. The smallest absolute Gasteiger partial charge is 0.258 e. The maximum atomic E-state index is 12.2. The molecule has 0 spiro atoms. The number of pyridine rings is 2. The molecular formula is C14H13N5O. The molecule has 0 aliphatic rings. The van der Waals surface area contributed by atoms with Gasteiger partial charge in [-0.3, -0.25) is 9.20 Å². The Bertz CT molecular complexity index is 793. The van der Waals surface area contributed by atoms with Crippen LogP contribution in [0.1, 0.15) is 21.7 Å². The Kier molecular flexibility index (Phi) is 2.90. The monoisotopic (exact) mass is 267 g/mol. The summed E-state index contributed by atoms with van der Waals surface area (Å²) in [4.78, 5) is 16.3. The molecule has 3 aromatic rings. The van der Waals surface area contributed by atoms with Gasteiger partial charge in [0.25, 0.3) is 5.91 Å². The summed E-state index contributed by atoms with van der Waals surface area (Å²) >= 11 is 0. The largest absolute Gasteiger partial charge is 0.307 e. The highest BCUT2D eigenvalue weighted by molar-refractivity contribution is 6.03. The Morgan fingerprint density at radius 1 is 1.20 bits per heavy atom. The molecule has 3 heterocycles. The van der Waals surface area contributed by atoms with Crippen molar-refractivity contribution < 1.29 is 4.79 Å². The second-order valence-electron chi connectivity index (χ2n) is 4.57. The van der Waals surface area contributed by atoms with Crippen molar-refractivity contribution in [2.24, 2.45) is 0 Å². The Labute approximate surface area is 115 Å². The van der Waals surface area contributed by atoms with Gasteiger partial charge in [-0.1, -0.05) is 0 Å². The molecule has 0 saturated carbocycles. The minimum Gasteiger partial charge on any atom is -0.307 e. The lowest BCUT2D eigenvalue weighted by molar-refractivity contribution is 0.102. The highest BCUT2D eigenvalue weighted by Crippen LogP contribution is 2.10. The summed E-state index contributed by atoms with van der Waals surface area (Å²) in [5, 5.41) is 10.7. The number of hydrogen-bond acceptors (Lipinski definition) is 4. The third-order valence-electron chi connectivity index (χ3n) is 2.99. The molecule has 6 nitrogen and oxygen atoms in total. The van der Waals surface area contributed by atoms with Gasteiger partial charge < -0.3 is 5.32 Å². The third-order valence-corrected chi connectivity index (χ3v) is 2.99. The quantitative estimate of drug-likeness (QED) is 0.770. The number of carbonyl (C=O) groups excluding carboxylic acids is 1. The van der Waals surface area contributed by atoms with E-state index in [1.807, 2.05) is 26.0 Å². The standard InChI is InChI=1S/C14H13N5O/c1-9-5-6-15-12(7-9)16-14(20)11-3-4-13-18-17-10(2)19(13)8-11/h3-8H,1-2H3,(H,15,16,20). The van der Waals surface area contributed by atoms with E-state index >= 15 is 0 Å². The van der Waals surface area contributed by atoms with E-state index in [0.717, 1.165) is 11.4 Å². The Morgan fingerprint density at radius 3 is 2.85 bits per heavy atom. The van der Waals surface area contributed by atoms with E-state index in [-0.39, 0.29) is 5.91 Å². The summed E-state index contributed by atoms with van der Waals surface area (Å²) in [6, 6.07) is 7.18. The fraction of sp³-hybridized carbons (Fsp3) is 0.143. The zero-order valence-corrected chi connectivity index (χ0v) is 11.2. The summed E-state index contributed by atoms with van der Waals surface area (Å²) < 4.78 is 1.78. The first-order valence-corrected chi connectivity index (χ1v) is 6.19. The molecule has 0 radical (unpaired) electrons. The normalized spacial score (nSPS) is 10.7.